The van der Waals surface area contributed by atoms with Crippen LogP contribution in [0.1, 0.15) is 13.3 Å². The number of hydrogen-bond donors (Lipinski definition) is 1. The zero-order chi connectivity index (χ0) is 7.94. The lowest BCUT2D eigenvalue weighted by Gasteiger charge is -2.04. The van der Waals surface area contributed by atoms with Gasteiger partial charge in [0.2, 0.25) is 0 Å². The monoisotopic (exact) mass is 171 g/mol. The van der Waals surface area contributed by atoms with Crippen molar-refractivity contribution < 1.29 is 9.54 Å². The van der Waals surface area contributed by atoms with Crippen LogP contribution in [-0.4, -0.2) is 6.54 Å². The second kappa shape index (κ2) is 6.61. The number of rotatable bonds is 4. The first-order valence-electron chi connectivity index (χ1n) is 3.88. The Bertz CT molecular complexity index is 191. The third kappa shape index (κ3) is 3.93. The highest BCUT2D eigenvalue weighted by molar-refractivity contribution is 5.20. The molecule has 68 valence electrons. The van der Waals surface area contributed by atoms with Crippen molar-refractivity contribution in [2.45, 2.75) is 13.3 Å². The first-order chi connectivity index (χ1) is 5.43. The van der Waals surface area contributed by atoms with Crippen molar-refractivity contribution >= 4 is 0 Å². The first kappa shape index (κ1) is 10.9. The Morgan fingerprint density at radius 1 is 1.25 bits per heavy atom. The van der Waals surface area contributed by atoms with Gasteiger partial charge in [-0.2, -0.15) is 5.48 Å². The van der Waals surface area contributed by atoms with Crippen molar-refractivity contribution in [2.24, 2.45) is 0 Å². The molecule has 1 rings (SSSR count). The summed E-state index contributed by atoms with van der Waals surface area (Å²) in [6.07, 6.45) is 1.08. The lowest BCUT2D eigenvalue weighted by Crippen LogP contribution is -2.18. The highest BCUT2D eigenvalue weighted by Crippen LogP contribution is 2.05. The number of halogens is 1. The fourth-order valence-corrected chi connectivity index (χ4v) is 0.725. The van der Waals surface area contributed by atoms with Crippen LogP contribution in [0.25, 0.3) is 0 Å². The molecular formula is C9H14FNO. The zero-order valence-corrected chi connectivity index (χ0v) is 7.12. The van der Waals surface area contributed by atoms with E-state index in [1.807, 2.05) is 30.3 Å². The number of para-hydroxylation sites is 1. The Balaban J connectivity index is 0.00000121. The quantitative estimate of drug-likeness (QED) is 0.553. The summed E-state index contributed by atoms with van der Waals surface area (Å²) in [4.78, 5) is 5.20. The summed E-state index contributed by atoms with van der Waals surface area (Å²) in [6.45, 7) is 2.98. The molecule has 0 heterocycles. The van der Waals surface area contributed by atoms with E-state index in [1.165, 1.54) is 0 Å². The predicted molar refractivity (Wildman–Crippen MR) is 47.9 cm³/mol. The second-order valence-electron chi connectivity index (χ2n) is 2.31. The third-order valence-electron chi connectivity index (χ3n) is 1.29. The standard InChI is InChI=1S/C9H13NO.FH/c1-2-8-10-11-9-6-4-3-5-7-9;/h3-7,10H,2,8H2,1H3;1H. The Morgan fingerprint density at radius 3 is 2.50 bits per heavy atom. The molecule has 12 heavy (non-hydrogen) atoms. The van der Waals surface area contributed by atoms with Gasteiger partial charge >= 0.3 is 0 Å². The predicted octanol–water partition coefficient (Wildman–Crippen LogP) is 2.13. The van der Waals surface area contributed by atoms with E-state index < -0.39 is 0 Å². The molecule has 0 saturated heterocycles. The summed E-state index contributed by atoms with van der Waals surface area (Å²) in [5.74, 6) is 0.862. The van der Waals surface area contributed by atoms with Gasteiger partial charge in [-0.15, -0.1) is 0 Å². The maximum atomic E-state index is 5.20. The summed E-state index contributed by atoms with van der Waals surface area (Å²) in [7, 11) is 0. The molecule has 1 aromatic carbocycles. The van der Waals surface area contributed by atoms with Crippen LogP contribution in [-0.2, 0) is 0 Å². The van der Waals surface area contributed by atoms with Crippen LogP contribution in [0, 0.1) is 0 Å². The average Bonchev–Trinajstić information content (AvgIpc) is 2.07. The van der Waals surface area contributed by atoms with Crippen LogP contribution < -0.4 is 10.3 Å². The van der Waals surface area contributed by atoms with Gasteiger partial charge in [0.1, 0.15) is 5.75 Å². The molecule has 0 radical (unpaired) electrons. The highest BCUT2D eigenvalue weighted by atomic mass is 19.0. The third-order valence-corrected chi connectivity index (χ3v) is 1.29. The molecule has 0 aliphatic heterocycles. The van der Waals surface area contributed by atoms with E-state index in [0.717, 1.165) is 18.7 Å². The average molecular weight is 171 g/mol. The molecule has 0 fully saturated rings. The Kier molecular flexibility index (Phi) is 6.01. The van der Waals surface area contributed by atoms with Crippen molar-refractivity contribution in [2.75, 3.05) is 6.54 Å². The van der Waals surface area contributed by atoms with Gasteiger partial charge in [-0.1, -0.05) is 25.1 Å². The minimum Gasteiger partial charge on any atom is -0.409 e. The van der Waals surface area contributed by atoms with Crippen LogP contribution in [0.4, 0.5) is 4.70 Å². The molecule has 0 atom stereocenters. The summed E-state index contributed by atoms with van der Waals surface area (Å²) in [5, 5.41) is 0. The summed E-state index contributed by atoms with van der Waals surface area (Å²) in [5.41, 5.74) is 2.85. The molecule has 0 aliphatic carbocycles. The Hall–Kier alpha value is -1.09. The molecule has 1 N–H and O–H groups in total. The fourth-order valence-electron chi connectivity index (χ4n) is 0.725. The molecular weight excluding hydrogens is 157 g/mol. The van der Waals surface area contributed by atoms with E-state index in [-0.39, 0.29) is 4.70 Å². The highest BCUT2D eigenvalue weighted by Gasteiger charge is 1.87. The van der Waals surface area contributed by atoms with Crippen molar-refractivity contribution in [3.05, 3.63) is 30.3 Å². The van der Waals surface area contributed by atoms with E-state index in [1.54, 1.807) is 0 Å². The number of nitrogens with one attached hydrogen (secondary N) is 1. The van der Waals surface area contributed by atoms with Gasteiger partial charge < -0.3 is 4.84 Å². The molecule has 2 nitrogen and oxygen atoms in total. The maximum Gasteiger partial charge on any atom is 0.147 e. The summed E-state index contributed by atoms with van der Waals surface area (Å²) >= 11 is 0. The number of hydrogen-bond acceptors (Lipinski definition) is 2. The lowest BCUT2D eigenvalue weighted by atomic mass is 10.3. The van der Waals surface area contributed by atoms with E-state index in [9.17, 15) is 0 Å². The molecule has 0 saturated carbocycles. The van der Waals surface area contributed by atoms with E-state index >= 15 is 0 Å². The normalized spacial score (nSPS) is 8.75. The number of benzene rings is 1. The van der Waals surface area contributed by atoms with Crippen LogP contribution in [0.5, 0.6) is 5.75 Å². The Labute approximate surface area is 71.9 Å². The summed E-state index contributed by atoms with van der Waals surface area (Å²) in [6, 6.07) is 9.70. The van der Waals surface area contributed by atoms with Crippen molar-refractivity contribution in [1.29, 1.82) is 0 Å². The van der Waals surface area contributed by atoms with Gasteiger partial charge in [0, 0.05) is 6.54 Å². The minimum atomic E-state index is 0. The van der Waals surface area contributed by atoms with E-state index in [0.29, 0.717) is 0 Å². The van der Waals surface area contributed by atoms with Gasteiger partial charge in [-0.25, -0.2) is 0 Å². The van der Waals surface area contributed by atoms with E-state index in [2.05, 4.69) is 12.4 Å². The van der Waals surface area contributed by atoms with Gasteiger partial charge in [0.05, 0.1) is 0 Å². The largest absolute Gasteiger partial charge is 0.409 e. The van der Waals surface area contributed by atoms with Gasteiger partial charge in [-0.05, 0) is 18.6 Å². The van der Waals surface area contributed by atoms with Gasteiger partial charge in [0.15, 0.2) is 0 Å². The van der Waals surface area contributed by atoms with Crippen LogP contribution in [0.2, 0.25) is 0 Å². The number of hydroxylamine groups is 1. The topological polar surface area (TPSA) is 21.3 Å². The fraction of sp³-hybridized carbons (Fsp3) is 0.333. The minimum absolute atomic E-state index is 0. The summed E-state index contributed by atoms with van der Waals surface area (Å²) < 4.78 is 0. The van der Waals surface area contributed by atoms with Crippen LogP contribution in [0.15, 0.2) is 30.3 Å². The second-order valence-corrected chi connectivity index (χ2v) is 2.31. The van der Waals surface area contributed by atoms with Gasteiger partial charge in [-0.3, -0.25) is 4.70 Å². The molecule has 0 aromatic heterocycles. The van der Waals surface area contributed by atoms with Crippen molar-refractivity contribution in [3.63, 3.8) is 0 Å². The van der Waals surface area contributed by atoms with Crippen molar-refractivity contribution in [3.8, 4) is 5.75 Å². The lowest BCUT2D eigenvalue weighted by molar-refractivity contribution is 0.196. The van der Waals surface area contributed by atoms with Crippen LogP contribution in [0.3, 0.4) is 0 Å². The molecule has 0 aliphatic rings. The molecule has 3 heteroatoms. The van der Waals surface area contributed by atoms with E-state index in [4.69, 9.17) is 4.84 Å². The molecule has 0 amide bonds. The Morgan fingerprint density at radius 2 is 1.92 bits per heavy atom. The molecule has 1 aromatic rings. The van der Waals surface area contributed by atoms with Gasteiger partial charge in [0.25, 0.3) is 0 Å². The zero-order valence-electron chi connectivity index (χ0n) is 7.12. The smallest absolute Gasteiger partial charge is 0.147 e. The molecule has 0 bridgehead atoms. The first-order valence-corrected chi connectivity index (χ1v) is 3.88. The van der Waals surface area contributed by atoms with Crippen LogP contribution >= 0.6 is 0 Å². The molecule has 0 spiro atoms. The maximum absolute atomic E-state index is 5.20. The SMILES string of the molecule is CCCNOc1ccccc1.F. The van der Waals surface area contributed by atoms with Crippen molar-refractivity contribution in [1.82, 2.24) is 5.48 Å². The molecule has 0 unspecified atom stereocenters.